The number of hydrogen-bond donors (Lipinski definition) is 2. The summed E-state index contributed by atoms with van der Waals surface area (Å²) in [5, 5.41) is 8.61. The van der Waals surface area contributed by atoms with Crippen molar-refractivity contribution in [2.75, 3.05) is 0 Å². The number of carboxylic acid groups (broad SMARTS) is 1. The molecule has 0 fully saturated rings. The normalized spacial score (nSPS) is 10.6. The third-order valence-electron chi connectivity index (χ3n) is 3.12. The van der Waals surface area contributed by atoms with Gasteiger partial charge in [0.2, 0.25) is 0 Å². The smallest absolute Gasteiger partial charge is 0.303 e. The Labute approximate surface area is 112 Å². The number of aromatic nitrogens is 2. The monoisotopic (exact) mass is 258 g/mol. The first-order valence-corrected chi connectivity index (χ1v) is 6.39. The first-order valence-electron chi connectivity index (χ1n) is 6.39. The summed E-state index contributed by atoms with van der Waals surface area (Å²) in [5.41, 5.74) is 4.55. The zero-order chi connectivity index (χ0) is 13.8. The van der Waals surface area contributed by atoms with E-state index in [0.29, 0.717) is 12.8 Å². The molecule has 0 aliphatic heterocycles. The fourth-order valence-electron chi connectivity index (χ4n) is 2.06. The predicted molar refractivity (Wildman–Crippen MR) is 74.1 cm³/mol. The van der Waals surface area contributed by atoms with E-state index in [1.807, 2.05) is 6.20 Å². The molecule has 0 radical (unpaired) electrons. The van der Waals surface area contributed by atoms with Gasteiger partial charge in [0.05, 0.1) is 11.9 Å². The molecule has 0 saturated heterocycles. The fraction of sp³-hybridized carbons (Fsp3) is 0.333. The molecule has 0 unspecified atom stereocenters. The van der Waals surface area contributed by atoms with Gasteiger partial charge in [-0.2, -0.15) is 0 Å². The van der Waals surface area contributed by atoms with E-state index in [2.05, 4.69) is 42.0 Å². The van der Waals surface area contributed by atoms with Gasteiger partial charge >= 0.3 is 5.97 Å². The number of carboxylic acids is 1. The Kier molecular flexibility index (Phi) is 4.00. The lowest BCUT2D eigenvalue weighted by Crippen LogP contribution is -1.96. The SMILES string of the molecule is Cc1ccc(C)c(-c2cnc(CCCC(=O)O)[nH]2)c1. The number of aliphatic carboxylic acids is 1. The van der Waals surface area contributed by atoms with E-state index in [9.17, 15) is 4.79 Å². The van der Waals surface area contributed by atoms with Gasteiger partial charge in [0.1, 0.15) is 5.82 Å². The van der Waals surface area contributed by atoms with Crippen molar-refractivity contribution >= 4 is 5.97 Å². The molecule has 19 heavy (non-hydrogen) atoms. The maximum Gasteiger partial charge on any atom is 0.303 e. The van der Waals surface area contributed by atoms with Gasteiger partial charge in [-0.05, 0) is 31.9 Å². The molecule has 0 saturated carbocycles. The number of imidazole rings is 1. The molecule has 1 aromatic heterocycles. The Hall–Kier alpha value is -2.10. The van der Waals surface area contributed by atoms with Crippen molar-refractivity contribution in [1.82, 2.24) is 9.97 Å². The molecule has 0 aliphatic rings. The summed E-state index contributed by atoms with van der Waals surface area (Å²) in [7, 11) is 0. The van der Waals surface area contributed by atoms with E-state index in [1.165, 1.54) is 11.1 Å². The second-order valence-electron chi connectivity index (χ2n) is 4.81. The van der Waals surface area contributed by atoms with Crippen LogP contribution in [0.3, 0.4) is 0 Å². The van der Waals surface area contributed by atoms with Crippen LogP contribution < -0.4 is 0 Å². The summed E-state index contributed by atoms with van der Waals surface area (Å²) in [6.45, 7) is 4.13. The molecule has 2 N–H and O–H groups in total. The third kappa shape index (κ3) is 3.44. The number of H-pyrrole nitrogens is 1. The van der Waals surface area contributed by atoms with Crippen LogP contribution in [0, 0.1) is 13.8 Å². The molecule has 0 atom stereocenters. The minimum absolute atomic E-state index is 0.180. The van der Waals surface area contributed by atoms with E-state index in [1.54, 1.807) is 0 Å². The number of hydrogen-bond acceptors (Lipinski definition) is 2. The number of carbonyl (C=O) groups is 1. The minimum atomic E-state index is -0.763. The second kappa shape index (κ2) is 5.69. The Balaban J connectivity index is 2.12. The van der Waals surface area contributed by atoms with Gasteiger partial charge in [0.15, 0.2) is 0 Å². The molecule has 2 aromatic rings. The molecule has 0 amide bonds. The standard InChI is InChI=1S/C15H18N2O2/c1-10-6-7-11(2)12(8-10)13-9-16-14(17-13)4-3-5-15(18)19/h6-9H,3-5H2,1-2H3,(H,16,17)(H,18,19). The van der Waals surface area contributed by atoms with Crippen molar-refractivity contribution < 1.29 is 9.90 Å². The zero-order valence-corrected chi connectivity index (χ0v) is 11.2. The average Bonchev–Trinajstić information content (AvgIpc) is 2.80. The van der Waals surface area contributed by atoms with Crippen LogP contribution >= 0.6 is 0 Å². The van der Waals surface area contributed by atoms with E-state index >= 15 is 0 Å². The molecule has 0 aliphatic carbocycles. The molecular weight excluding hydrogens is 240 g/mol. The highest BCUT2D eigenvalue weighted by atomic mass is 16.4. The van der Waals surface area contributed by atoms with Gasteiger partial charge in [0, 0.05) is 18.4 Å². The molecule has 2 rings (SSSR count). The van der Waals surface area contributed by atoms with Gasteiger partial charge in [0.25, 0.3) is 0 Å². The largest absolute Gasteiger partial charge is 0.481 e. The fourth-order valence-corrected chi connectivity index (χ4v) is 2.06. The van der Waals surface area contributed by atoms with Gasteiger partial charge in [-0.25, -0.2) is 4.98 Å². The number of aromatic amines is 1. The number of nitrogens with zero attached hydrogens (tertiary/aromatic N) is 1. The Morgan fingerprint density at radius 2 is 2.16 bits per heavy atom. The number of aryl methyl sites for hydroxylation is 3. The molecule has 1 heterocycles. The maximum atomic E-state index is 10.5. The second-order valence-corrected chi connectivity index (χ2v) is 4.81. The lowest BCUT2D eigenvalue weighted by atomic mass is 10.0. The molecule has 4 heteroatoms. The zero-order valence-electron chi connectivity index (χ0n) is 11.2. The minimum Gasteiger partial charge on any atom is -0.481 e. The van der Waals surface area contributed by atoms with Crippen LogP contribution in [0.2, 0.25) is 0 Å². The van der Waals surface area contributed by atoms with Crippen LogP contribution in [-0.2, 0) is 11.2 Å². The van der Waals surface area contributed by atoms with Crippen molar-refractivity contribution in [3.05, 3.63) is 41.3 Å². The summed E-state index contributed by atoms with van der Waals surface area (Å²) < 4.78 is 0. The van der Waals surface area contributed by atoms with E-state index in [0.717, 1.165) is 17.1 Å². The van der Waals surface area contributed by atoms with Crippen molar-refractivity contribution in [3.63, 3.8) is 0 Å². The van der Waals surface area contributed by atoms with Crippen LogP contribution in [0.5, 0.6) is 0 Å². The number of nitrogens with one attached hydrogen (secondary N) is 1. The molecule has 0 bridgehead atoms. The first kappa shape index (κ1) is 13.3. The summed E-state index contributed by atoms with van der Waals surface area (Å²) in [4.78, 5) is 18.0. The summed E-state index contributed by atoms with van der Waals surface area (Å²) >= 11 is 0. The van der Waals surface area contributed by atoms with Gasteiger partial charge in [-0.3, -0.25) is 4.79 Å². The predicted octanol–water partition coefficient (Wildman–Crippen LogP) is 3.10. The van der Waals surface area contributed by atoms with Crippen molar-refractivity contribution in [3.8, 4) is 11.3 Å². The van der Waals surface area contributed by atoms with Crippen molar-refractivity contribution in [2.45, 2.75) is 33.1 Å². The third-order valence-corrected chi connectivity index (χ3v) is 3.12. The summed E-state index contributed by atoms with van der Waals surface area (Å²) in [6.07, 6.45) is 3.27. The van der Waals surface area contributed by atoms with E-state index in [4.69, 9.17) is 5.11 Å². The molecule has 100 valence electrons. The first-order chi connectivity index (χ1) is 9.06. The van der Waals surface area contributed by atoms with Gasteiger partial charge in [-0.15, -0.1) is 0 Å². The highest BCUT2D eigenvalue weighted by Gasteiger charge is 2.07. The Bertz CT molecular complexity index is 588. The van der Waals surface area contributed by atoms with Crippen LogP contribution in [0.25, 0.3) is 11.3 Å². The highest BCUT2D eigenvalue weighted by molar-refractivity contribution is 5.66. The molecule has 1 aromatic carbocycles. The van der Waals surface area contributed by atoms with Crippen molar-refractivity contribution in [2.24, 2.45) is 0 Å². The molecule has 0 spiro atoms. The van der Waals surface area contributed by atoms with Crippen LogP contribution in [0.15, 0.2) is 24.4 Å². The average molecular weight is 258 g/mol. The molecular formula is C15H18N2O2. The van der Waals surface area contributed by atoms with Gasteiger partial charge in [-0.1, -0.05) is 17.7 Å². The highest BCUT2D eigenvalue weighted by Crippen LogP contribution is 2.23. The van der Waals surface area contributed by atoms with Crippen LogP contribution in [0.1, 0.15) is 29.8 Å². The lowest BCUT2D eigenvalue weighted by molar-refractivity contribution is -0.137. The Morgan fingerprint density at radius 3 is 2.89 bits per heavy atom. The van der Waals surface area contributed by atoms with Crippen molar-refractivity contribution in [1.29, 1.82) is 0 Å². The summed E-state index contributed by atoms with van der Waals surface area (Å²) in [6, 6.07) is 6.31. The topological polar surface area (TPSA) is 66.0 Å². The quantitative estimate of drug-likeness (QED) is 0.866. The van der Waals surface area contributed by atoms with Crippen LogP contribution in [0.4, 0.5) is 0 Å². The maximum absolute atomic E-state index is 10.5. The van der Waals surface area contributed by atoms with Gasteiger partial charge < -0.3 is 10.1 Å². The van der Waals surface area contributed by atoms with E-state index in [-0.39, 0.29) is 6.42 Å². The number of benzene rings is 1. The molecule has 4 nitrogen and oxygen atoms in total. The Morgan fingerprint density at radius 1 is 1.37 bits per heavy atom. The number of rotatable bonds is 5. The van der Waals surface area contributed by atoms with Crippen LogP contribution in [-0.4, -0.2) is 21.0 Å². The summed E-state index contributed by atoms with van der Waals surface area (Å²) in [5.74, 6) is 0.0819. The van der Waals surface area contributed by atoms with E-state index < -0.39 is 5.97 Å². The lowest BCUT2D eigenvalue weighted by Gasteiger charge is -2.04.